The number of carbonyl (C=O) groups excluding carboxylic acids is 1. The Kier molecular flexibility index (Phi) is 5.07. The third-order valence-corrected chi connectivity index (χ3v) is 6.06. The van der Waals surface area contributed by atoms with Gasteiger partial charge in [0, 0.05) is 32.2 Å². The first kappa shape index (κ1) is 17.3. The van der Waals surface area contributed by atoms with E-state index < -0.39 is 0 Å². The van der Waals surface area contributed by atoms with Crippen molar-refractivity contribution in [1.82, 2.24) is 9.80 Å². The molecular weight excluding hydrogens is 320 g/mol. The number of carbonyl (C=O) groups is 1. The average molecular weight is 348 g/mol. The van der Waals surface area contributed by atoms with Crippen molar-refractivity contribution in [3.8, 4) is 0 Å². The van der Waals surface area contributed by atoms with Crippen LogP contribution in [0.1, 0.15) is 42.4 Å². The average Bonchev–Trinajstić information content (AvgIpc) is 3.19. The number of hydrogen-bond acceptors (Lipinski definition) is 2. The summed E-state index contributed by atoms with van der Waals surface area (Å²) in [6.45, 7) is 6.03. The van der Waals surface area contributed by atoms with Gasteiger partial charge in [-0.05, 0) is 36.0 Å². The lowest BCUT2D eigenvalue weighted by Crippen LogP contribution is -2.42. The molecule has 1 saturated heterocycles. The summed E-state index contributed by atoms with van der Waals surface area (Å²) in [4.78, 5) is 17.8. The number of benzene rings is 2. The van der Waals surface area contributed by atoms with E-state index in [-0.39, 0.29) is 5.92 Å². The predicted molar refractivity (Wildman–Crippen MR) is 105 cm³/mol. The fourth-order valence-electron chi connectivity index (χ4n) is 4.53. The SMILES string of the molecule is CCC(C(=O)N1CCC(N2CCc3ccccc3C2)C1)c1ccccc1. The van der Waals surface area contributed by atoms with Gasteiger partial charge in [0.1, 0.15) is 0 Å². The maximum absolute atomic E-state index is 13.1. The van der Waals surface area contributed by atoms with Crippen LogP contribution in [0.3, 0.4) is 0 Å². The molecule has 0 aromatic heterocycles. The lowest BCUT2D eigenvalue weighted by molar-refractivity contribution is -0.132. The lowest BCUT2D eigenvalue weighted by atomic mass is 9.95. The van der Waals surface area contributed by atoms with E-state index in [9.17, 15) is 4.79 Å². The molecule has 2 aliphatic heterocycles. The van der Waals surface area contributed by atoms with Crippen molar-refractivity contribution in [1.29, 1.82) is 0 Å². The van der Waals surface area contributed by atoms with Crippen LogP contribution in [-0.2, 0) is 17.8 Å². The van der Waals surface area contributed by atoms with Gasteiger partial charge in [-0.2, -0.15) is 0 Å². The molecule has 4 rings (SSSR count). The van der Waals surface area contributed by atoms with Crippen LogP contribution in [0.5, 0.6) is 0 Å². The van der Waals surface area contributed by atoms with Crippen LogP contribution in [0, 0.1) is 0 Å². The normalized spacial score (nSPS) is 21.4. The summed E-state index contributed by atoms with van der Waals surface area (Å²) >= 11 is 0. The number of fused-ring (bicyclic) bond motifs is 1. The highest BCUT2D eigenvalue weighted by Crippen LogP contribution is 2.28. The van der Waals surface area contributed by atoms with E-state index in [1.807, 2.05) is 18.2 Å². The van der Waals surface area contributed by atoms with Crippen molar-refractivity contribution >= 4 is 5.91 Å². The van der Waals surface area contributed by atoms with E-state index in [0.29, 0.717) is 11.9 Å². The molecule has 3 heteroatoms. The van der Waals surface area contributed by atoms with Crippen LogP contribution < -0.4 is 0 Å². The van der Waals surface area contributed by atoms with E-state index in [1.165, 1.54) is 11.1 Å². The molecule has 2 unspecified atom stereocenters. The fourth-order valence-corrected chi connectivity index (χ4v) is 4.53. The van der Waals surface area contributed by atoms with Gasteiger partial charge in [-0.3, -0.25) is 9.69 Å². The summed E-state index contributed by atoms with van der Waals surface area (Å²) < 4.78 is 0. The first-order valence-electron chi connectivity index (χ1n) is 9.91. The van der Waals surface area contributed by atoms with E-state index in [0.717, 1.165) is 51.0 Å². The van der Waals surface area contributed by atoms with E-state index in [4.69, 9.17) is 0 Å². The molecule has 0 saturated carbocycles. The summed E-state index contributed by atoms with van der Waals surface area (Å²) in [5.74, 6) is 0.302. The quantitative estimate of drug-likeness (QED) is 0.838. The highest BCUT2D eigenvalue weighted by atomic mass is 16.2. The van der Waals surface area contributed by atoms with Crippen molar-refractivity contribution in [2.45, 2.75) is 44.7 Å². The third-order valence-electron chi connectivity index (χ3n) is 6.06. The van der Waals surface area contributed by atoms with Crippen molar-refractivity contribution in [3.05, 3.63) is 71.3 Å². The van der Waals surface area contributed by atoms with Crippen molar-refractivity contribution < 1.29 is 4.79 Å². The van der Waals surface area contributed by atoms with Gasteiger partial charge in [-0.1, -0.05) is 61.5 Å². The molecule has 2 aliphatic rings. The molecule has 1 fully saturated rings. The molecule has 2 heterocycles. The number of hydrogen-bond donors (Lipinski definition) is 0. The van der Waals surface area contributed by atoms with Gasteiger partial charge in [0.25, 0.3) is 0 Å². The van der Waals surface area contributed by atoms with Gasteiger partial charge < -0.3 is 4.90 Å². The zero-order valence-corrected chi connectivity index (χ0v) is 15.6. The zero-order chi connectivity index (χ0) is 17.9. The minimum absolute atomic E-state index is 0.00275. The molecule has 136 valence electrons. The van der Waals surface area contributed by atoms with Gasteiger partial charge in [-0.15, -0.1) is 0 Å². The molecule has 0 bridgehead atoms. The van der Waals surface area contributed by atoms with Crippen molar-refractivity contribution in [3.63, 3.8) is 0 Å². The van der Waals surface area contributed by atoms with Crippen molar-refractivity contribution in [2.75, 3.05) is 19.6 Å². The Morgan fingerprint density at radius 2 is 1.77 bits per heavy atom. The molecular formula is C23H28N2O. The van der Waals surface area contributed by atoms with E-state index in [2.05, 4.69) is 53.1 Å². The van der Waals surface area contributed by atoms with Gasteiger partial charge in [0.05, 0.1) is 5.92 Å². The van der Waals surface area contributed by atoms with Gasteiger partial charge >= 0.3 is 0 Å². The van der Waals surface area contributed by atoms with Gasteiger partial charge in [0.2, 0.25) is 5.91 Å². The Labute approximate surface area is 156 Å². The molecule has 2 atom stereocenters. The monoisotopic (exact) mass is 348 g/mol. The molecule has 0 N–H and O–H groups in total. The summed E-state index contributed by atoms with van der Waals surface area (Å²) in [6.07, 6.45) is 3.09. The van der Waals surface area contributed by atoms with Gasteiger partial charge in [0.15, 0.2) is 0 Å². The standard InChI is InChI=1S/C23H28N2O/c1-2-22(19-9-4-3-5-10-19)23(26)25-15-13-21(17-25)24-14-12-18-8-6-7-11-20(18)16-24/h3-11,21-22H,2,12-17H2,1H3. The molecule has 0 spiro atoms. The smallest absolute Gasteiger partial charge is 0.230 e. The predicted octanol–water partition coefficient (Wildman–Crippen LogP) is 3.84. The fraction of sp³-hybridized carbons (Fsp3) is 0.435. The van der Waals surface area contributed by atoms with Crippen molar-refractivity contribution in [2.24, 2.45) is 0 Å². The number of amides is 1. The van der Waals surface area contributed by atoms with Crippen LogP contribution in [0.4, 0.5) is 0 Å². The summed E-state index contributed by atoms with van der Waals surface area (Å²) in [7, 11) is 0. The molecule has 1 amide bonds. The minimum atomic E-state index is -0.00275. The summed E-state index contributed by atoms with van der Waals surface area (Å²) in [6, 6.07) is 19.5. The highest BCUT2D eigenvalue weighted by Gasteiger charge is 2.34. The summed E-state index contributed by atoms with van der Waals surface area (Å²) in [5.41, 5.74) is 4.10. The Bertz CT molecular complexity index is 758. The highest BCUT2D eigenvalue weighted by molar-refractivity contribution is 5.84. The second-order valence-electron chi connectivity index (χ2n) is 7.59. The second kappa shape index (κ2) is 7.63. The first-order valence-corrected chi connectivity index (χ1v) is 9.91. The number of nitrogens with zero attached hydrogens (tertiary/aromatic N) is 2. The Hall–Kier alpha value is -2.13. The molecule has 2 aromatic carbocycles. The first-order chi connectivity index (χ1) is 12.8. The van der Waals surface area contributed by atoms with Crippen LogP contribution in [0.15, 0.2) is 54.6 Å². The van der Waals surface area contributed by atoms with Gasteiger partial charge in [-0.25, -0.2) is 0 Å². The second-order valence-corrected chi connectivity index (χ2v) is 7.59. The maximum Gasteiger partial charge on any atom is 0.230 e. The number of rotatable bonds is 4. The zero-order valence-electron chi connectivity index (χ0n) is 15.6. The molecule has 3 nitrogen and oxygen atoms in total. The maximum atomic E-state index is 13.1. The lowest BCUT2D eigenvalue weighted by Gasteiger charge is -2.33. The topological polar surface area (TPSA) is 23.6 Å². The van der Waals surface area contributed by atoms with Crippen LogP contribution >= 0.6 is 0 Å². The largest absolute Gasteiger partial charge is 0.341 e. The van der Waals surface area contributed by atoms with Crippen LogP contribution in [0.2, 0.25) is 0 Å². The van der Waals surface area contributed by atoms with E-state index >= 15 is 0 Å². The molecule has 0 radical (unpaired) electrons. The molecule has 26 heavy (non-hydrogen) atoms. The molecule has 2 aromatic rings. The third kappa shape index (κ3) is 3.41. The summed E-state index contributed by atoms with van der Waals surface area (Å²) in [5, 5.41) is 0. The van der Waals surface area contributed by atoms with Crippen LogP contribution in [0.25, 0.3) is 0 Å². The van der Waals surface area contributed by atoms with Crippen LogP contribution in [-0.4, -0.2) is 41.4 Å². The Morgan fingerprint density at radius 3 is 2.54 bits per heavy atom. The van der Waals surface area contributed by atoms with E-state index in [1.54, 1.807) is 0 Å². The Morgan fingerprint density at radius 1 is 1.04 bits per heavy atom. The minimum Gasteiger partial charge on any atom is -0.341 e. The number of likely N-dealkylation sites (tertiary alicyclic amines) is 1. The molecule has 0 aliphatic carbocycles. The Balaban J connectivity index is 1.41.